The van der Waals surface area contributed by atoms with E-state index in [1.807, 2.05) is 86.9 Å². The van der Waals surface area contributed by atoms with E-state index in [2.05, 4.69) is 6.07 Å². The Bertz CT molecular complexity index is 2210. The van der Waals surface area contributed by atoms with Crippen molar-refractivity contribution < 1.29 is 13.9 Å². The molecule has 0 saturated carbocycles. The summed E-state index contributed by atoms with van der Waals surface area (Å²) < 4.78 is 15.5. The second-order valence-electron chi connectivity index (χ2n) is 10.6. The number of carbonyl (C=O) groups excluding carboxylic acids is 1. The van der Waals surface area contributed by atoms with E-state index in [0.717, 1.165) is 38.9 Å². The molecule has 1 aliphatic rings. The molecule has 8 nitrogen and oxygen atoms in total. The minimum atomic E-state index is -0.705. The lowest BCUT2D eigenvalue weighted by molar-refractivity contribution is -0.139. The summed E-state index contributed by atoms with van der Waals surface area (Å²) in [4.78, 5) is 32.8. The number of furan rings is 1. The van der Waals surface area contributed by atoms with E-state index >= 15 is 0 Å². The van der Waals surface area contributed by atoms with Gasteiger partial charge >= 0.3 is 5.97 Å². The molecule has 9 heteroatoms. The Labute approximate surface area is 252 Å². The number of aryl methyl sites for hydroxylation is 2. The van der Waals surface area contributed by atoms with Crippen LogP contribution in [0, 0.1) is 39.0 Å². The van der Waals surface area contributed by atoms with E-state index in [9.17, 15) is 14.9 Å². The Hall–Kier alpha value is -4.94. The van der Waals surface area contributed by atoms with E-state index in [0.29, 0.717) is 37.8 Å². The van der Waals surface area contributed by atoms with Crippen LogP contribution in [0.25, 0.3) is 22.7 Å². The lowest BCUT2D eigenvalue weighted by atomic mass is 9.91. The Kier molecular flexibility index (Phi) is 7.03. The number of nitriles is 1. The highest BCUT2D eigenvalue weighted by atomic mass is 32.1. The summed E-state index contributed by atoms with van der Waals surface area (Å²) in [5.74, 6) is 0.672. The van der Waals surface area contributed by atoms with Crippen molar-refractivity contribution in [3.8, 4) is 12.0 Å². The van der Waals surface area contributed by atoms with Gasteiger partial charge in [-0.1, -0.05) is 53.8 Å². The smallest absolute Gasteiger partial charge is 0.338 e. The highest BCUT2D eigenvalue weighted by molar-refractivity contribution is 7.07. The maximum absolute atomic E-state index is 14.2. The maximum Gasteiger partial charge on any atom is 0.338 e. The largest absolute Gasteiger partial charge is 0.463 e. The first kappa shape index (κ1) is 28.2. The van der Waals surface area contributed by atoms with Crippen LogP contribution in [0.5, 0.6) is 0 Å². The molecule has 0 saturated heterocycles. The molecule has 2 aromatic carbocycles. The fourth-order valence-electron chi connectivity index (χ4n) is 5.86. The zero-order chi connectivity index (χ0) is 30.6. The van der Waals surface area contributed by atoms with E-state index in [1.54, 1.807) is 18.4 Å². The lowest BCUT2D eigenvalue weighted by Gasteiger charge is -2.25. The summed E-state index contributed by atoms with van der Waals surface area (Å²) in [7, 11) is 0. The summed E-state index contributed by atoms with van der Waals surface area (Å²) in [5, 5.41) is 11.8. The summed E-state index contributed by atoms with van der Waals surface area (Å²) >= 11 is 1.28. The van der Waals surface area contributed by atoms with E-state index in [1.165, 1.54) is 11.3 Å². The number of allylic oxidation sites excluding steroid dienone is 1. The monoisotopic (exact) mass is 590 g/mol. The molecule has 0 fully saturated rings. The van der Waals surface area contributed by atoms with E-state index in [-0.39, 0.29) is 12.2 Å². The van der Waals surface area contributed by atoms with Crippen LogP contribution in [0.15, 0.2) is 74.0 Å². The predicted octanol–water partition coefficient (Wildman–Crippen LogP) is 5.44. The highest BCUT2D eigenvalue weighted by Crippen LogP contribution is 2.35. The van der Waals surface area contributed by atoms with Crippen molar-refractivity contribution in [1.82, 2.24) is 9.13 Å². The van der Waals surface area contributed by atoms with Gasteiger partial charge < -0.3 is 9.15 Å². The molecule has 0 radical (unpaired) electrons. The molecule has 0 spiro atoms. The maximum atomic E-state index is 14.2. The second-order valence-corrected chi connectivity index (χ2v) is 11.6. The Morgan fingerprint density at radius 1 is 1.14 bits per heavy atom. The zero-order valence-corrected chi connectivity index (χ0v) is 25.6. The molecule has 0 bridgehead atoms. The van der Waals surface area contributed by atoms with E-state index < -0.39 is 12.0 Å². The molecule has 6 rings (SSSR count). The van der Waals surface area contributed by atoms with Crippen LogP contribution in [0.3, 0.4) is 0 Å². The van der Waals surface area contributed by atoms with Gasteiger partial charge in [0.25, 0.3) is 5.56 Å². The van der Waals surface area contributed by atoms with Crippen LogP contribution in [0.2, 0.25) is 0 Å². The summed E-state index contributed by atoms with van der Waals surface area (Å²) in [6.07, 6.45) is 1.85. The first-order valence-corrected chi connectivity index (χ1v) is 14.8. The fourth-order valence-corrected chi connectivity index (χ4v) is 6.90. The van der Waals surface area contributed by atoms with Crippen molar-refractivity contribution in [2.75, 3.05) is 6.61 Å². The van der Waals surface area contributed by atoms with Gasteiger partial charge in [0.1, 0.15) is 17.4 Å². The van der Waals surface area contributed by atoms with Crippen LogP contribution < -0.4 is 14.9 Å². The van der Waals surface area contributed by atoms with Crippen molar-refractivity contribution in [3.05, 3.63) is 119 Å². The molecule has 0 aliphatic carbocycles. The Morgan fingerprint density at radius 2 is 1.88 bits per heavy atom. The van der Waals surface area contributed by atoms with Crippen molar-refractivity contribution in [2.24, 2.45) is 4.99 Å². The van der Waals surface area contributed by atoms with Crippen molar-refractivity contribution in [1.29, 1.82) is 5.26 Å². The molecule has 216 valence electrons. The molecule has 4 heterocycles. The third-order valence-corrected chi connectivity index (χ3v) is 9.06. The molecule has 43 heavy (non-hydrogen) atoms. The minimum Gasteiger partial charge on any atom is -0.463 e. The van der Waals surface area contributed by atoms with Crippen molar-refractivity contribution >= 4 is 34.2 Å². The van der Waals surface area contributed by atoms with Gasteiger partial charge in [-0.25, -0.2) is 9.79 Å². The van der Waals surface area contributed by atoms with Gasteiger partial charge in [0.05, 0.1) is 28.5 Å². The number of benzene rings is 2. The lowest BCUT2D eigenvalue weighted by Crippen LogP contribution is -2.40. The van der Waals surface area contributed by atoms with Gasteiger partial charge in [-0.15, -0.1) is 0 Å². The van der Waals surface area contributed by atoms with Crippen molar-refractivity contribution in [3.63, 3.8) is 0 Å². The number of thiazole rings is 1. The average molecular weight is 591 g/mol. The normalized spacial score (nSPS) is 15.0. The zero-order valence-electron chi connectivity index (χ0n) is 24.8. The fraction of sp³-hybridized carbons (Fsp3) is 0.235. The number of esters is 1. The van der Waals surface area contributed by atoms with Crippen LogP contribution >= 0.6 is 11.3 Å². The molecule has 1 aliphatic heterocycles. The van der Waals surface area contributed by atoms with Gasteiger partial charge in [-0.2, -0.15) is 5.26 Å². The summed E-state index contributed by atoms with van der Waals surface area (Å²) in [6, 6.07) is 17.4. The predicted molar refractivity (Wildman–Crippen MR) is 166 cm³/mol. The number of hydrogen-bond acceptors (Lipinski definition) is 7. The second kappa shape index (κ2) is 10.7. The molecule has 1 atom stereocenters. The first-order valence-electron chi connectivity index (χ1n) is 14.0. The number of ether oxygens (including phenoxy) is 1. The summed E-state index contributed by atoms with van der Waals surface area (Å²) in [6.45, 7) is 11.3. The topological polar surface area (TPSA) is 103 Å². The van der Waals surface area contributed by atoms with Crippen LogP contribution in [0.4, 0.5) is 0 Å². The van der Waals surface area contributed by atoms with Gasteiger partial charge in [0.15, 0.2) is 4.80 Å². The molecular formula is C34H30N4O4S. The standard InChI is InChI=1S/C34H30N4O4S/c1-7-41-33(40)29-20(4)36-34-38(30(29)26-14-10-12-23-11-8-9-13-25(23)26)31(39)28(43-34)16-24-15-18(2)37(21(24)5)32-27(17-35)19(3)22(6)42-32/h8-16,30H,7H2,1-6H3/b28-16+/t30-/m1/s1. The molecule has 3 aromatic heterocycles. The van der Waals surface area contributed by atoms with Gasteiger partial charge in [0.2, 0.25) is 5.88 Å². The number of carbonyl (C=O) groups is 1. The summed E-state index contributed by atoms with van der Waals surface area (Å²) in [5.41, 5.74) is 5.28. The SMILES string of the molecule is CCOC(=O)C1=C(C)N=c2s/c(=C/c3cc(C)n(-c4oc(C)c(C)c4C#N)c3C)c(=O)n2[C@@H]1c1cccc2ccccc12. The van der Waals surface area contributed by atoms with Crippen LogP contribution in [-0.2, 0) is 9.53 Å². The van der Waals surface area contributed by atoms with Gasteiger partial charge in [0, 0.05) is 17.0 Å². The molecule has 5 aromatic rings. The third-order valence-electron chi connectivity index (χ3n) is 8.07. The number of nitrogens with zero attached hydrogens (tertiary/aromatic N) is 4. The molecule has 0 unspecified atom stereocenters. The van der Waals surface area contributed by atoms with Crippen LogP contribution in [-0.4, -0.2) is 21.7 Å². The number of aromatic nitrogens is 2. The first-order chi connectivity index (χ1) is 20.7. The number of hydrogen-bond donors (Lipinski definition) is 0. The van der Waals surface area contributed by atoms with Gasteiger partial charge in [-0.3, -0.25) is 13.9 Å². The minimum absolute atomic E-state index is 0.208. The Morgan fingerprint density at radius 3 is 2.63 bits per heavy atom. The molecule has 0 N–H and O–H groups in total. The van der Waals surface area contributed by atoms with Crippen LogP contribution in [0.1, 0.15) is 59.3 Å². The average Bonchev–Trinajstić information content (AvgIpc) is 3.55. The van der Waals surface area contributed by atoms with Gasteiger partial charge in [-0.05, 0) is 75.6 Å². The highest BCUT2D eigenvalue weighted by Gasteiger charge is 2.34. The Balaban J connectivity index is 1.58. The quantitative estimate of drug-likeness (QED) is 0.254. The van der Waals surface area contributed by atoms with E-state index in [4.69, 9.17) is 14.1 Å². The molecular weight excluding hydrogens is 560 g/mol. The number of fused-ring (bicyclic) bond motifs is 2. The number of rotatable bonds is 5. The third kappa shape index (κ3) is 4.46. The van der Waals surface area contributed by atoms with Crippen molar-refractivity contribution in [2.45, 2.75) is 47.6 Å². The molecule has 0 amide bonds.